The molecule has 72 valence electrons. The van der Waals surface area contributed by atoms with E-state index in [-0.39, 0.29) is 0 Å². The highest BCUT2D eigenvalue weighted by Crippen LogP contribution is 2.20. The van der Waals surface area contributed by atoms with Crippen LogP contribution in [0.5, 0.6) is 0 Å². The summed E-state index contributed by atoms with van der Waals surface area (Å²) in [6.07, 6.45) is 5.24. The molecule has 2 unspecified atom stereocenters. The molecule has 0 radical (unpaired) electrons. The molecular formula is C8H16ClNOS. The maximum Gasteiger partial charge on any atom is 0.0910 e. The summed E-state index contributed by atoms with van der Waals surface area (Å²) in [5.41, 5.74) is 0. The molecule has 12 heavy (non-hydrogen) atoms. The molecule has 0 N–H and O–H groups in total. The first-order chi connectivity index (χ1) is 5.74. The molecule has 1 saturated heterocycles. The van der Waals surface area contributed by atoms with Gasteiger partial charge in [0.05, 0.1) is 11.0 Å². The fourth-order valence-corrected chi connectivity index (χ4v) is 2.77. The molecule has 1 fully saturated rings. The number of hydrogen-bond donors (Lipinski definition) is 0. The van der Waals surface area contributed by atoms with Crippen molar-refractivity contribution in [2.75, 3.05) is 25.2 Å². The lowest BCUT2D eigenvalue weighted by Gasteiger charge is -2.30. The van der Waals surface area contributed by atoms with Crippen molar-refractivity contribution < 1.29 is 4.21 Å². The van der Waals surface area contributed by atoms with Crippen molar-refractivity contribution in [1.29, 1.82) is 0 Å². The fourth-order valence-electron chi connectivity index (χ4n) is 1.65. The van der Waals surface area contributed by atoms with Gasteiger partial charge in [-0.25, -0.2) is 8.51 Å². The second-order valence-corrected chi connectivity index (χ2v) is 5.04. The standard InChI is InChI=1S/C8H16ClNOS/c1-12(11)10-6-2-3-8(7-10)4-5-9/h8H,2-7H2,1H3. The summed E-state index contributed by atoms with van der Waals surface area (Å²) in [6, 6.07) is 0. The third-order valence-corrected chi connectivity index (χ3v) is 3.64. The van der Waals surface area contributed by atoms with Gasteiger partial charge in [-0.3, -0.25) is 0 Å². The van der Waals surface area contributed by atoms with Gasteiger partial charge >= 0.3 is 0 Å². The predicted molar refractivity (Wildman–Crippen MR) is 53.7 cm³/mol. The van der Waals surface area contributed by atoms with Crippen LogP contribution in [0.3, 0.4) is 0 Å². The Labute approximate surface area is 81.9 Å². The lowest BCUT2D eigenvalue weighted by Crippen LogP contribution is -2.36. The van der Waals surface area contributed by atoms with E-state index in [1.54, 1.807) is 6.26 Å². The molecule has 0 aromatic rings. The van der Waals surface area contributed by atoms with Crippen molar-refractivity contribution in [1.82, 2.24) is 4.31 Å². The van der Waals surface area contributed by atoms with Gasteiger partial charge in [-0.05, 0) is 25.2 Å². The van der Waals surface area contributed by atoms with Crippen molar-refractivity contribution in [3.8, 4) is 0 Å². The van der Waals surface area contributed by atoms with Crippen molar-refractivity contribution in [3.05, 3.63) is 0 Å². The van der Waals surface area contributed by atoms with E-state index in [1.807, 2.05) is 4.31 Å². The van der Waals surface area contributed by atoms with Crippen LogP contribution in [-0.4, -0.2) is 33.7 Å². The minimum Gasteiger partial charge on any atom is -0.243 e. The molecule has 0 aromatic carbocycles. The maximum atomic E-state index is 11.2. The molecular weight excluding hydrogens is 194 g/mol. The summed E-state index contributed by atoms with van der Waals surface area (Å²) >= 11 is 5.67. The van der Waals surface area contributed by atoms with Crippen LogP contribution in [0.4, 0.5) is 0 Å². The number of nitrogens with zero attached hydrogens (tertiary/aromatic N) is 1. The van der Waals surface area contributed by atoms with Crippen LogP contribution in [0.25, 0.3) is 0 Å². The van der Waals surface area contributed by atoms with Crippen LogP contribution in [0.2, 0.25) is 0 Å². The molecule has 1 aliphatic rings. The Morgan fingerprint density at radius 1 is 1.67 bits per heavy atom. The molecule has 0 bridgehead atoms. The lowest BCUT2D eigenvalue weighted by molar-refractivity contribution is 0.273. The Kier molecular flexibility index (Phi) is 4.54. The van der Waals surface area contributed by atoms with Crippen LogP contribution in [0.15, 0.2) is 0 Å². The van der Waals surface area contributed by atoms with Gasteiger partial charge in [0.15, 0.2) is 0 Å². The van der Waals surface area contributed by atoms with Gasteiger partial charge in [0.2, 0.25) is 0 Å². The number of piperidine rings is 1. The van der Waals surface area contributed by atoms with Crippen molar-refractivity contribution in [2.24, 2.45) is 5.92 Å². The molecule has 0 aliphatic carbocycles. The zero-order valence-electron chi connectivity index (χ0n) is 7.46. The van der Waals surface area contributed by atoms with Crippen LogP contribution in [-0.2, 0) is 11.0 Å². The molecule has 1 aliphatic heterocycles. The van der Waals surface area contributed by atoms with E-state index < -0.39 is 11.0 Å². The van der Waals surface area contributed by atoms with E-state index in [0.29, 0.717) is 5.92 Å². The highest BCUT2D eigenvalue weighted by molar-refractivity contribution is 7.81. The van der Waals surface area contributed by atoms with E-state index in [1.165, 1.54) is 12.8 Å². The highest BCUT2D eigenvalue weighted by atomic mass is 35.5. The van der Waals surface area contributed by atoms with Crippen LogP contribution >= 0.6 is 11.6 Å². The molecule has 0 amide bonds. The summed E-state index contributed by atoms with van der Waals surface area (Å²) in [5.74, 6) is 1.40. The predicted octanol–water partition coefficient (Wildman–Crippen LogP) is 1.62. The Morgan fingerprint density at radius 2 is 2.42 bits per heavy atom. The summed E-state index contributed by atoms with van der Waals surface area (Å²) in [6.45, 7) is 1.96. The Bertz CT molecular complexity index is 163. The van der Waals surface area contributed by atoms with E-state index in [0.717, 1.165) is 25.4 Å². The smallest absolute Gasteiger partial charge is 0.0910 e. The van der Waals surface area contributed by atoms with Gasteiger partial charge in [0.25, 0.3) is 0 Å². The van der Waals surface area contributed by atoms with Gasteiger partial charge < -0.3 is 0 Å². The molecule has 1 rings (SSSR count). The summed E-state index contributed by atoms with van der Waals surface area (Å²) in [5, 5.41) is 0. The van der Waals surface area contributed by atoms with Crippen LogP contribution in [0.1, 0.15) is 19.3 Å². The van der Waals surface area contributed by atoms with Gasteiger partial charge in [0, 0.05) is 25.2 Å². The summed E-state index contributed by atoms with van der Waals surface area (Å²) in [4.78, 5) is 0. The van der Waals surface area contributed by atoms with Gasteiger partial charge in [-0.15, -0.1) is 11.6 Å². The first-order valence-corrected chi connectivity index (χ1v) is 6.43. The Morgan fingerprint density at radius 3 is 3.00 bits per heavy atom. The van der Waals surface area contributed by atoms with E-state index in [4.69, 9.17) is 11.6 Å². The van der Waals surface area contributed by atoms with Crippen LogP contribution < -0.4 is 0 Å². The summed E-state index contributed by atoms with van der Waals surface area (Å²) < 4.78 is 13.2. The monoisotopic (exact) mass is 209 g/mol. The zero-order valence-corrected chi connectivity index (χ0v) is 9.03. The fraction of sp³-hybridized carbons (Fsp3) is 1.00. The van der Waals surface area contributed by atoms with Gasteiger partial charge in [-0.2, -0.15) is 0 Å². The second kappa shape index (κ2) is 5.20. The van der Waals surface area contributed by atoms with E-state index in [2.05, 4.69) is 0 Å². The maximum absolute atomic E-state index is 11.2. The lowest BCUT2D eigenvalue weighted by atomic mass is 9.97. The molecule has 1 heterocycles. The second-order valence-electron chi connectivity index (χ2n) is 3.30. The highest BCUT2D eigenvalue weighted by Gasteiger charge is 2.20. The SMILES string of the molecule is CS(=O)N1CCCC(CCCl)C1. The number of hydrogen-bond acceptors (Lipinski definition) is 1. The molecule has 2 nitrogen and oxygen atoms in total. The molecule has 0 saturated carbocycles. The normalized spacial score (nSPS) is 28.7. The minimum atomic E-state index is -0.786. The Hall–Kier alpha value is 0.400. The first kappa shape index (κ1) is 10.5. The molecule has 4 heteroatoms. The third kappa shape index (κ3) is 3.04. The van der Waals surface area contributed by atoms with Crippen LogP contribution in [0, 0.1) is 5.92 Å². The van der Waals surface area contributed by atoms with Crippen molar-refractivity contribution in [2.45, 2.75) is 19.3 Å². The molecule has 2 atom stereocenters. The van der Waals surface area contributed by atoms with E-state index >= 15 is 0 Å². The zero-order chi connectivity index (χ0) is 8.97. The third-order valence-electron chi connectivity index (χ3n) is 2.36. The number of rotatable bonds is 3. The van der Waals surface area contributed by atoms with Crippen molar-refractivity contribution >= 4 is 22.6 Å². The van der Waals surface area contributed by atoms with Gasteiger partial charge in [0.1, 0.15) is 0 Å². The largest absolute Gasteiger partial charge is 0.243 e. The average Bonchev–Trinajstić information content (AvgIpc) is 2.05. The first-order valence-electron chi connectivity index (χ1n) is 4.38. The van der Waals surface area contributed by atoms with E-state index in [9.17, 15) is 4.21 Å². The van der Waals surface area contributed by atoms with Gasteiger partial charge in [-0.1, -0.05) is 0 Å². The quantitative estimate of drug-likeness (QED) is 0.647. The Balaban J connectivity index is 2.35. The number of alkyl halides is 1. The average molecular weight is 210 g/mol. The van der Waals surface area contributed by atoms with Crippen molar-refractivity contribution in [3.63, 3.8) is 0 Å². The summed E-state index contributed by atoms with van der Waals surface area (Å²) in [7, 11) is -0.786. The molecule has 0 spiro atoms. The topological polar surface area (TPSA) is 20.3 Å². The minimum absolute atomic E-state index is 0.667. The number of halogens is 1. The molecule has 0 aromatic heterocycles.